The second-order valence-corrected chi connectivity index (χ2v) is 5.83. The van der Waals surface area contributed by atoms with Crippen LogP contribution >= 0.6 is 0 Å². The number of rotatable bonds is 9. The van der Waals surface area contributed by atoms with Crippen molar-refractivity contribution in [3.63, 3.8) is 0 Å². The fraction of sp³-hybridized carbons (Fsp3) is 0.529. The lowest BCUT2D eigenvalue weighted by atomic mass is 10.2. The molecule has 128 valence electrons. The SMILES string of the molecule is Cc1cccc(OCCCNC(=O)CN(C)CC(=O)N(C)C)c1. The van der Waals surface area contributed by atoms with Crippen molar-refractivity contribution in [1.82, 2.24) is 15.1 Å². The van der Waals surface area contributed by atoms with E-state index >= 15 is 0 Å². The Morgan fingerprint density at radius 1 is 1.17 bits per heavy atom. The van der Waals surface area contributed by atoms with Gasteiger partial charge in [-0.05, 0) is 38.1 Å². The molecule has 0 fully saturated rings. The summed E-state index contributed by atoms with van der Waals surface area (Å²) in [6.45, 7) is 3.57. The summed E-state index contributed by atoms with van der Waals surface area (Å²) in [6, 6.07) is 7.87. The van der Waals surface area contributed by atoms with Gasteiger partial charge in [-0.3, -0.25) is 14.5 Å². The minimum Gasteiger partial charge on any atom is -0.494 e. The molecule has 0 unspecified atom stereocenters. The van der Waals surface area contributed by atoms with E-state index in [0.29, 0.717) is 13.2 Å². The number of aryl methyl sites for hydroxylation is 1. The summed E-state index contributed by atoms with van der Waals surface area (Å²) in [5, 5.41) is 2.83. The van der Waals surface area contributed by atoms with Gasteiger partial charge in [0.1, 0.15) is 5.75 Å². The lowest BCUT2D eigenvalue weighted by Gasteiger charge is -2.18. The molecular formula is C17H27N3O3. The fourth-order valence-electron chi connectivity index (χ4n) is 1.92. The third kappa shape index (κ3) is 8.21. The predicted octanol–water partition coefficient (Wildman–Crippen LogP) is 0.900. The topological polar surface area (TPSA) is 61.9 Å². The second kappa shape index (κ2) is 9.84. The molecule has 1 aromatic rings. The van der Waals surface area contributed by atoms with E-state index in [4.69, 9.17) is 4.74 Å². The van der Waals surface area contributed by atoms with Gasteiger partial charge in [-0.15, -0.1) is 0 Å². The molecule has 6 heteroatoms. The number of ether oxygens (including phenoxy) is 1. The first-order valence-corrected chi connectivity index (χ1v) is 7.73. The van der Waals surface area contributed by atoms with Gasteiger partial charge in [0.15, 0.2) is 0 Å². The molecule has 0 aliphatic heterocycles. The monoisotopic (exact) mass is 321 g/mol. The summed E-state index contributed by atoms with van der Waals surface area (Å²) in [7, 11) is 5.15. The first-order valence-electron chi connectivity index (χ1n) is 7.73. The molecule has 0 saturated heterocycles. The number of hydrogen-bond donors (Lipinski definition) is 1. The van der Waals surface area contributed by atoms with E-state index in [0.717, 1.165) is 17.7 Å². The number of hydrogen-bond acceptors (Lipinski definition) is 4. The minimum absolute atomic E-state index is 0.0214. The Morgan fingerprint density at radius 3 is 2.57 bits per heavy atom. The number of carbonyl (C=O) groups excluding carboxylic acids is 2. The Labute approximate surface area is 138 Å². The summed E-state index contributed by atoms with van der Waals surface area (Å²) in [4.78, 5) is 26.5. The van der Waals surface area contributed by atoms with Crippen molar-refractivity contribution in [2.45, 2.75) is 13.3 Å². The van der Waals surface area contributed by atoms with Gasteiger partial charge in [-0.2, -0.15) is 0 Å². The maximum Gasteiger partial charge on any atom is 0.236 e. The lowest BCUT2D eigenvalue weighted by Crippen LogP contribution is -2.40. The third-order valence-corrected chi connectivity index (χ3v) is 3.22. The van der Waals surface area contributed by atoms with Crippen molar-refractivity contribution in [3.8, 4) is 5.75 Å². The van der Waals surface area contributed by atoms with Gasteiger partial charge in [0.25, 0.3) is 0 Å². The van der Waals surface area contributed by atoms with Crippen LogP contribution in [0.4, 0.5) is 0 Å². The molecule has 1 rings (SSSR count). The average Bonchev–Trinajstić information content (AvgIpc) is 2.46. The number of nitrogens with zero attached hydrogens (tertiary/aromatic N) is 2. The number of amides is 2. The van der Waals surface area contributed by atoms with Crippen molar-refractivity contribution < 1.29 is 14.3 Å². The molecule has 1 aromatic carbocycles. The van der Waals surface area contributed by atoms with Crippen LogP contribution < -0.4 is 10.1 Å². The van der Waals surface area contributed by atoms with Crippen LogP contribution in [-0.4, -0.2) is 69.0 Å². The van der Waals surface area contributed by atoms with Crippen molar-refractivity contribution in [1.29, 1.82) is 0 Å². The Hall–Kier alpha value is -2.08. The molecule has 23 heavy (non-hydrogen) atoms. The van der Waals surface area contributed by atoms with Crippen LogP contribution in [0.1, 0.15) is 12.0 Å². The summed E-state index contributed by atoms with van der Waals surface area (Å²) in [6.07, 6.45) is 0.736. The Kier molecular flexibility index (Phi) is 8.11. The van der Waals surface area contributed by atoms with Crippen LogP contribution in [0.25, 0.3) is 0 Å². The molecule has 0 spiro atoms. The number of benzene rings is 1. The Balaban J connectivity index is 2.13. The highest BCUT2D eigenvalue weighted by Crippen LogP contribution is 2.12. The van der Waals surface area contributed by atoms with Crippen LogP contribution in [0.2, 0.25) is 0 Å². The molecule has 1 N–H and O–H groups in total. The quantitative estimate of drug-likeness (QED) is 0.687. The van der Waals surface area contributed by atoms with E-state index in [2.05, 4.69) is 5.32 Å². The molecule has 0 radical (unpaired) electrons. The van der Waals surface area contributed by atoms with Gasteiger partial charge in [0.05, 0.1) is 19.7 Å². The highest BCUT2D eigenvalue weighted by atomic mass is 16.5. The largest absolute Gasteiger partial charge is 0.494 e. The molecule has 0 heterocycles. The van der Waals surface area contributed by atoms with E-state index in [9.17, 15) is 9.59 Å². The van der Waals surface area contributed by atoms with Crippen LogP contribution in [0.5, 0.6) is 5.75 Å². The van der Waals surface area contributed by atoms with E-state index in [1.807, 2.05) is 31.2 Å². The van der Waals surface area contributed by atoms with Crippen molar-refractivity contribution in [2.75, 3.05) is 47.4 Å². The molecule has 6 nitrogen and oxygen atoms in total. The van der Waals surface area contributed by atoms with Gasteiger partial charge >= 0.3 is 0 Å². The van der Waals surface area contributed by atoms with E-state index < -0.39 is 0 Å². The Bertz CT molecular complexity index is 518. The number of likely N-dealkylation sites (N-methyl/N-ethyl adjacent to an activating group) is 2. The van der Waals surface area contributed by atoms with E-state index in [-0.39, 0.29) is 24.9 Å². The summed E-state index contributed by atoms with van der Waals surface area (Å²) in [5.74, 6) is 0.736. The predicted molar refractivity (Wildman–Crippen MR) is 90.5 cm³/mol. The number of nitrogens with one attached hydrogen (secondary N) is 1. The second-order valence-electron chi connectivity index (χ2n) is 5.83. The molecule has 0 atom stereocenters. The zero-order valence-electron chi connectivity index (χ0n) is 14.5. The summed E-state index contributed by atoms with van der Waals surface area (Å²) < 4.78 is 5.62. The summed E-state index contributed by atoms with van der Waals surface area (Å²) in [5.41, 5.74) is 1.16. The fourth-order valence-corrected chi connectivity index (χ4v) is 1.92. The summed E-state index contributed by atoms with van der Waals surface area (Å²) >= 11 is 0. The molecular weight excluding hydrogens is 294 g/mol. The van der Waals surface area contributed by atoms with E-state index in [1.165, 1.54) is 4.90 Å². The minimum atomic E-state index is -0.0883. The first kappa shape index (κ1) is 19.0. The van der Waals surface area contributed by atoms with Gasteiger partial charge < -0.3 is 15.0 Å². The molecule has 0 aromatic heterocycles. The molecule has 0 bridgehead atoms. The van der Waals surface area contributed by atoms with Crippen molar-refractivity contribution in [2.24, 2.45) is 0 Å². The standard InChI is InChI=1S/C17H27N3O3/c1-14-7-5-8-15(11-14)23-10-6-9-18-16(21)12-20(4)13-17(22)19(2)3/h5,7-8,11H,6,9-10,12-13H2,1-4H3,(H,18,21). The number of carbonyl (C=O) groups is 2. The van der Waals surface area contributed by atoms with Crippen molar-refractivity contribution in [3.05, 3.63) is 29.8 Å². The molecule has 2 amide bonds. The van der Waals surface area contributed by atoms with Gasteiger partial charge in [0, 0.05) is 20.6 Å². The maximum absolute atomic E-state index is 11.8. The van der Waals surface area contributed by atoms with E-state index in [1.54, 1.807) is 26.0 Å². The smallest absolute Gasteiger partial charge is 0.236 e. The van der Waals surface area contributed by atoms with Gasteiger partial charge in [-0.1, -0.05) is 12.1 Å². The maximum atomic E-state index is 11.8. The average molecular weight is 321 g/mol. The van der Waals surface area contributed by atoms with Gasteiger partial charge in [0.2, 0.25) is 11.8 Å². The first-order chi connectivity index (χ1) is 10.9. The highest BCUT2D eigenvalue weighted by Gasteiger charge is 2.11. The van der Waals surface area contributed by atoms with Gasteiger partial charge in [-0.25, -0.2) is 0 Å². The molecule has 0 saturated carbocycles. The zero-order chi connectivity index (χ0) is 17.2. The van der Waals surface area contributed by atoms with Crippen LogP contribution in [-0.2, 0) is 9.59 Å². The normalized spacial score (nSPS) is 10.5. The van der Waals surface area contributed by atoms with Crippen molar-refractivity contribution >= 4 is 11.8 Å². The van der Waals surface area contributed by atoms with Crippen LogP contribution in [0.3, 0.4) is 0 Å². The zero-order valence-corrected chi connectivity index (χ0v) is 14.5. The Morgan fingerprint density at radius 2 is 1.91 bits per heavy atom. The van der Waals surface area contributed by atoms with Crippen LogP contribution in [0, 0.1) is 6.92 Å². The molecule has 0 aliphatic rings. The highest BCUT2D eigenvalue weighted by molar-refractivity contribution is 5.80. The van der Waals surface area contributed by atoms with Crippen LogP contribution in [0.15, 0.2) is 24.3 Å². The molecule has 0 aliphatic carbocycles. The lowest BCUT2D eigenvalue weighted by molar-refractivity contribution is -0.130. The third-order valence-electron chi connectivity index (χ3n) is 3.22.